The molecule has 0 amide bonds. The van der Waals surface area contributed by atoms with E-state index in [0.717, 1.165) is 42.6 Å². The first kappa shape index (κ1) is 17.2. The molecule has 3 heteroatoms. The minimum absolute atomic E-state index is 0.0191. The number of fused-ring (bicyclic) bond motifs is 2. The van der Waals surface area contributed by atoms with Gasteiger partial charge in [-0.2, -0.15) is 0 Å². The van der Waals surface area contributed by atoms with E-state index in [4.69, 9.17) is 4.98 Å². The number of imidazole rings is 1. The van der Waals surface area contributed by atoms with Gasteiger partial charge in [0, 0.05) is 29.0 Å². The fourth-order valence-electron chi connectivity index (χ4n) is 5.00. The van der Waals surface area contributed by atoms with E-state index in [9.17, 15) is 4.79 Å². The van der Waals surface area contributed by atoms with Gasteiger partial charge in [0.05, 0.1) is 17.7 Å². The van der Waals surface area contributed by atoms with Gasteiger partial charge < -0.3 is 4.57 Å². The zero-order valence-corrected chi connectivity index (χ0v) is 16.1. The van der Waals surface area contributed by atoms with Gasteiger partial charge in [0.15, 0.2) is 5.78 Å². The number of rotatable bonds is 3. The van der Waals surface area contributed by atoms with Crippen LogP contribution in [0.5, 0.6) is 0 Å². The van der Waals surface area contributed by atoms with Crippen molar-refractivity contribution in [2.45, 2.75) is 32.7 Å². The van der Waals surface area contributed by atoms with Crippen LogP contribution in [0.4, 0.5) is 0 Å². The summed E-state index contributed by atoms with van der Waals surface area (Å²) < 4.78 is 2.24. The van der Waals surface area contributed by atoms with Crippen molar-refractivity contribution in [3.8, 4) is 11.3 Å². The van der Waals surface area contributed by atoms with Crippen LogP contribution in [0, 0.1) is 11.3 Å². The normalized spacial score (nSPS) is 23.5. The van der Waals surface area contributed by atoms with Crippen LogP contribution in [-0.2, 0) is 6.54 Å². The molecule has 0 unspecified atom stereocenters. The van der Waals surface area contributed by atoms with Gasteiger partial charge in [0.1, 0.15) is 0 Å². The van der Waals surface area contributed by atoms with Gasteiger partial charge in [-0.25, -0.2) is 4.98 Å². The van der Waals surface area contributed by atoms with Gasteiger partial charge in [0.2, 0.25) is 0 Å². The van der Waals surface area contributed by atoms with Crippen LogP contribution in [0.2, 0.25) is 0 Å². The van der Waals surface area contributed by atoms with Crippen LogP contribution in [0.3, 0.4) is 0 Å². The number of benzene rings is 2. The summed E-state index contributed by atoms with van der Waals surface area (Å²) in [6.07, 6.45) is 7.34. The van der Waals surface area contributed by atoms with Gasteiger partial charge in [-0.15, -0.1) is 0 Å². The van der Waals surface area contributed by atoms with Crippen molar-refractivity contribution in [2.75, 3.05) is 0 Å². The maximum atomic E-state index is 13.3. The molecule has 2 atom stereocenters. The Bertz CT molecular complexity index is 1050. The molecule has 1 aliphatic carbocycles. The van der Waals surface area contributed by atoms with E-state index in [-0.39, 0.29) is 17.1 Å². The first-order valence-corrected chi connectivity index (χ1v) is 10.1. The maximum Gasteiger partial charge on any atom is 0.166 e. The van der Waals surface area contributed by atoms with E-state index in [0.29, 0.717) is 0 Å². The second-order valence-electron chi connectivity index (χ2n) is 8.23. The SMILES string of the molecule is C[C@]12Cn3cnc(-c4ccccc4)c3C=C1CCC[C@@H]2C(=O)c1ccccc1. The molecular formula is C25H24N2O. The van der Waals surface area contributed by atoms with Crippen LogP contribution in [0.25, 0.3) is 17.3 Å². The summed E-state index contributed by atoms with van der Waals surface area (Å²) in [5, 5.41) is 0. The highest BCUT2D eigenvalue weighted by atomic mass is 16.1. The second kappa shape index (κ2) is 6.59. The predicted molar refractivity (Wildman–Crippen MR) is 112 cm³/mol. The number of aromatic nitrogens is 2. The van der Waals surface area contributed by atoms with Crippen molar-refractivity contribution in [1.29, 1.82) is 0 Å². The van der Waals surface area contributed by atoms with E-state index in [1.807, 2.05) is 42.7 Å². The van der Waals surface area contributed by atoms with E-state index in [1.165, 1.54) is 11.3 Å². The van der Waals surface area contributed by atoms with E-state index >= 15 is 0 Å². The largest absolute Gasteiger partial charge is 0.330 e. The summed E-state index contributed by atoms with van der Waals surface area (Å²) >= 11 is 0. The van der Waals surface area contributed by atoms with Crippen LogP contribution >= 0.6 is 0 Å². The highest BCUT2D eigenvalue weighted by molar-refractivity contribution is 5.99. The average molecular weight is 368 g/mol. The van der Waals surface area contributed by atoms with Crippen molar-refractivity contribution in [3.63, 3.8) is 0 Å². The predicted octanol–water partition coefficient (Wildman–Crippen LogP) is 5.64. The van der Waals surface area contributed by atoms with Crippen molar-refractivity contribution in [2.24, 2.45) is 11.3 Å². The topological polar surface area (TPSA) is 34.9 Å². The Balaban J connectivity index is 1.55. The molecule has 1 aliphatic heterocycles. The van der Waals surface area contributed by atoms with Crippen LogP contribution in [-0.4, -0.2) is 15.3 Å². The zero-order valence-electron chi connectivity index (χ0n) is 16.1. The lowest BCUT2D eigenvalue weighted by Gasteiger charge is -2.45. The molecule has 0 spiro atoms. The Labute approximate surface area is 165 Å². The summed E-state index contributed by atoms with van der Waals surface area (Å²) in [4.78, 5) is 18.1. The summed E-state index contributed by atoms with van der Waals surface area (Å²) in [6.45, 7) is 3.09. The van der Waals surface area contributed by atoms with Crippen molar-refractivity contribution < 1.29 is 4.79 Å². The average Bonchev–Trinajstić information content (AvgIpc) is 3.14. The number of nitrogens with zero attached hydrogens (tertiary/aromatic N) is 2. The second-order valence-corrected chi connectivity index (χ2v) is 8.23. The number of carbonyl (C=O) groups is 1. The van der Waals surface area contributed by atoms with E-state index < -0.39 is 0 Å². The number of ketones is 1. The standard InChI is InChI=1S/C25H24N2O/c1-25-16-27-17-26-23(18-9-4-2-5-10-18)22(27)15-20(25)13-8-14-21(25)24(28)19-11-6-3-7-12-19/h2-7,9-12,15,17,21H,8,13-14,16H2,1H3/t21-,25+/m1/s1. The van der Waals surface area contributed by atoms with Crippen LogP contribution in [0.1, 0.15) is 42.2 Å². The molecule has 0 radical (unpaired) electrons. The molecular weight excluding hydrogens is 344 g/mol. The molecule has 0 saturated heterocycles. The lowest BCUT2D eigenvalue weighted by atomic mass is 9.61. The minimum Gasteiger partial charge on any atom is -0.330 e. The molecule has 1 saturated carbocycles. The Morgan fingerprint density at radius 2 is 1.79 bits per heavy atom. The molecule has 28 heavy (non-hydrogen) atoms. The third kappa shape index (κ3) is 2.65. The fourth-order valence-corrected chi connectivity index (χ4v) is 5.00. The van der Waals surface area contributed by atoms with Crippen molar-refractivity contribution in [1.82, 2.24) is 9.55 Å². The summed E-state index contributed by atoms with van der Waals surface area (Å²) in [5.41, 5.74) is 5.43. The van der Waals surface area contributed by atoms with Gasteiger partial charge in [-0.3, -0.25) is 4.79 Å². The molecule has 2 heterocycles. The number of allylic oxidation sites excluding steroid dienone is 1. The van der Waals surface area contributed by atoms with Gasteiger partial charge in [0.25, 0.3) is 0 Å². The Morgan fingerprint density at radius 3 is 2.54 bits per heavy atom. The maximum absolute atomic E-state index is 13.3. The summed E-state index contributed by atoms with van der Waals surface area (Å²) in [7, 11) is 0. The summed E-state index contributed by atoms with van der Waals surface area (Å²) in [6, 6.07) is 20.1. The van der Waals surface area contributed by atoms with E-state index in [2.05, 4.69) is 41.8 Å². The van der Waals surface area contributed by atoms with Gasteiger partial charge >= 0.3 is 0 Å². The Hall–Kier alpha value is -2.94. The molecule has 1 aromatic heterocycles. The first-order valence-electron chi connectivity index (χ1n) is 10.1. The fraction of sp³-hybridized carbons (Fsp3) is 0.280. The third-order valence-corrected chi connectivity index (χ3v) is 6.55. The lowest BCUT2D eigenvalue weighted by molar-refractivity contribution is 0.0727. The number of carbonyl (C=O) groups excluding carboxylic acids is 1. The monoisotopic (exact) mass is 368 g/mol. The molecule has 3 aromatic rings. The molecule has 3 nitrogen and oxygen atoms in total. The Morgan fingerprint density at radius 1 is 1.07 bits per heavy atom. The highest BCUT2D eigenvalue weighted by Crippen LogP contribution is 2.51. The molecule has 5 rings (SSSR count). The molecule has 0 N–H and O–H groups in total. The molecule has 2 aromatic carbocycles. The van der Waals surface area contributed by atoms with E-state index in [1.54, 1.807) is 0 Å². The number of Topliss-reactive ketones (excluding diaryl/α,β-unsaturated/α-hetero) is 1. The third-order valence-electron chi connectivity index (χ3n) is 6.55. The molecule has 2 aliphatic rings. The Kier molecular flexibility index (Phi) is 4.04. The smallest absolute Gasteiger partial charge is 0.166 e. The van der Waals surface area contributed by atoms with Crippen molar-refractivity contribution in [3.05, 3.63) is 83.8 Å². The minimum atomic E-state index is -0.146. The lowest BCUT2D eigenvalue weighted by Crippen LogP contribution is -2.43. The zero-order chi connectivity index (χ0) is 19.1. The highest BCUT2D eigenvalue weighted by Gasteiger charge is 2.46. The first-order chi connectivity index (χ1) is 13.7. The number of hydrogen-bond donors (Lipinski definition) is 0. The van der Waals surface area contributed by atoms with Gasteiger partial charge in [-0.1, -0.05) is 73.2 Å². The van der Waals surface area contributed by atoms with Crippen LogP contribution < -0.4 is 0 Å². The summed E-state index contributed by atoms with van der Waals surface area (Å²) in [5.74, 6) is 0.297. The number of hydrogen-bond acceptors (Lipinski definition) is 2. The van der Waals surface area contributed by atoms with Crippen LogP contribution in [0.15, 0.2) is 72.6 Å². The molecule has 1 fully saturated rings. The quantitative estimate of drug-likeness (QED) is 0.561. The molecule has 140 valence electrons. The van der Waals surface area contributed by atoms with Gasteiger partial charge in [-0.05, 0) is 25.3 Å². The van der Waals surface area contributed by atoms with Crippen molar-refractivity contribution >= 4 is 11.9 Å². The molecule has 0 bridgehead atoms.